The van der Waals surface area contributed by atoms with Crippen LogP contribution in [-0.4, -0.2) is 10.9 Å². The van der Waals surface area contributed by atoms with Gasteiger partial charge in [0.15, 0.2) is 0 Å². The Labute approximate surface area is 111 Å². The normalized spacial score (nSPS) is 12.1. The molecule has 0 aliphatic carbocycles. The second-order valence-corrected chi connectivity index (χ2v) is 5.12. The number of anilines is 1. The standard InChI is InChI=1S/C11H10BrN3OS/c12-8-3-9(5-14-4-8)15-10(11(13)16)7-1-2-17-6-7/h1-6,10,15H,(H2,13,16). The number of rotatable bonds is 4. The van der Waals surface area contributed by atoms with Gasteiger partial charge in [-0.15, -0.1) is 0 Å². The molecule has 1 unspecified atom stereocenters. The summed E-state index contributed by atoms with van der Waals surface area (Å²) in [5, 5.41) is 6.87. The molecule has 2 rings (SSSR count). The number of nitrogens with zero attached hydrogens (tertiary/aromatic N) is 1. The van der Waals surface area contributed by atoms with E-state index < -0.39 is 11.9 Å². The Morgan fingerprint density at radius 3 is 2.94 bits per heavy atom. The zero-order valence-corrected chi connectivity index (χ0v) is 11.2. The van der Waals surface area contributed by atoms with E-state index in [9.17, 15) is 4.79 Å². The van der Waals surface area contributed by atoms with E-state index in [2.05, 4.69) is 26.2 Å². The molecule has 0 aromatic carbocycles. The quantitative estimate of drug-likeness (QED) is 0.911. The van der Waals surface area contributed by atoms with E-state index in [0.717, 1.165) is 15.7 Å². The highest BCUT2D eigenvalue weighted by atomic mass is 79.9. The molecule has 2 aromatic heterocycles. The summed E-state index contributed by atoms with van der Waals surface area (Å²) in [7, 11) is 0. The van der Waals surface area contributed by atoms with Gasteiger partial charge >= 0.3 is 0 Å². The third kappa shape index (κ3) is 3.04. The Balaban J connectivity index is 2.22. The lowest BCUT2D eigenvalue weighted by Crippen LogP contribution is -2.27. The number of aromatic nitrogens is 1. The lowest BCUT2D eigenvalue weighted by atomic mass is 10.1. The van der Waals surface area contributed by atoms with Crippen LogP contribution in [0.15, 0.2) is 39.8 Å². The van der Waals surface area contributed by atoms with Crippen molar-refractivity contribution >= 4 is 38.9 Å². The molecule has 1 amide bonds. The van der Waals surface area contributed by atoms with E-state index in [1.807, 2.05) is 22.9 Å². The third-order valence-electron chi connectivity index (χ3n) is 2.18. The predicted molar refractivity (Wildman–Crippen MR) is 71.8 cm³/mol. The van der Waals surface area contributed by atoms with Gasteiger partial charge in [0.2, 0.25) is 5.91 Å². The molecular formula is C11H10BrN3OS. The number of hydrogen-bond donors (Lipinski definition) is 2. The fourth-order valence-electron chi connectivity index (χ4n) is 1.42. The van der Waals surface area contributed by atoms with Crippen molar-refractivity contribution in [1.29, 1.82) is 0 Å². The Morgan fingerprint density at radius 2 is 2.35 bits per heavy atom. The molecule has 17 heavy (non-hydrogen) atoms. The van der Waals surface area contributed by atoms with Crippen molar-refractivity contribution in [2.45, 2.75) is 6.04 Å². The summed E-state index contributed by atoms with van der Waals surface area (Å²) in [5.41, 5.74) is 6.99. The van der Waals surface area contributed by atoms with Gasteiger partial charge in [0.1, 0.15) is 6.04 Å². The number of pyridine rings is 1. The number of carbonyl (C=O) groups excluding carboxylic acids is 1. The van der Waals surface area contributed by atoms with Gasteiger partial charge in [-0.05, 0) is 44.4 Å². The van der Waals surface area contributed by atoms with E-state index in [1.165, 1.54) is 11.3 Å². The average Bonchev–Trinajstić information content (AvgIpc) is 2.78. The molecule has 3 N–H and O–H groups in total. The van der Waals surface area contributed by atoms with Gasteiger partial charge in [0, 0.05) is 10.7 Å². The lowest BCUT2D eigenvalue weighted by Gasteiger charge is -2.15. The summed E-state index contributed by atoms with van der Waals surface area (Å²) in [6, 6.07) is 3.19. The molecule has 88 valence electrons. The van der Waals surface area contributed by atoms with Crippen LogP contribution in [-0.2, 0) is 4.79 Å². The fourth-order valence-corrected chi connectivity index (χ4v) is 2.47. The Bertz CT molecular complexity index is 515. The minimum atomic E-state index is -0.530. The van der Waals surface area contributed by atoms with E-state index in [0.29, 0.717) is 0 Å². The van der Waals surface area contributed by atoms with Gasteiger partial charge in [0.05, 0.1) is 11.9 Å². The summed E-state index contributed by atoms with van der Waals surface area (Å²) in [4.78, 5) is 15.4. The Kier molecular flexibility index (Phi) is 3.75. The molecule has 6 heteroatoms. The highest BCUT2D eigenvalue weighted by molar-refractivity contribution is 9.10. The minimum absolute atomic E-state index is 0.414. The number of amides is 1. The maximum absolute atomic E-state index is 11.4. The zero-order chi connectivity index (χ0) is 12.3. The van der Waals surface area contributed by atoms with Gasteiger partial charge in [-0.2, -0.15) is 11.3 Å². The van der Waals surface area contributed by atoms with E-state index in [-0.39, 0.29) is 0 Å². The van der Waals surface area contributed by atoms with Crippen molar-refractivity contribution in [3.8, 4) is 0 Å². The van der Waals surface area contributed by atoms with Crippen LogP contribution in [0.25, 0.3) is 0 Å². The van der Waals surface area contributed by atoms with Crippen molar-refractivity contribution in [2.24, 2.45) is 5.73 Å². The first-order chi connectivity index (χ1) is 8.16. The molecule has 0 spiro atoms. The number of nitrogens with two attached hydrogens (primary N) is 1. The third-order valence-corrected chi connectivity index (χ3v) is 3.31. The van der Waals surface area contributed by atoms with Crippen LogP contribution in [0.3, 0.4) is 0 Å². The topological polar surface area (TPSA) is 68.0 Å². The van der Waals surface area contributed by atoms with E-state index in [4.69, 9.17) is 5.73 Å². The second kappa shape index (κ2) is 5.29. The first-order valence-corrected chi connectivity index (χ1v) is 6.59. The van der Waals surface area contributed by atoms with Crippen molar-refractivity contribution in [3.05, 3.63) is 45.3 Å². The monoisotopic (exact) mass is 311 g/mol. The van der Waals surface area contributed by atoms with Gasteiger partial charge < -0.3 is 11.1 Å². The summed E-state index contributed by atoms with van der Waals surface area (Å²) in [6.07, 6.45) is 3.32. The average molecular weight is 312 g/mol. The van der Waals surface area contributed by atoms with Gasteiger partial charge in [-0.1, -0.05) is 0 Å². The van der Waals surface area contributed by atoms with Gasteiger partial charge in [0.25, 0.3) is 0 Å². The van der Waals surface area contributed by atoms with Crippen LogP contribution in [0.5, 0.6) is 0 Å². The number of halogens is 1. The summed E-state index contributed by atoms with van der Waals surface area (Å²) >= 11 is 4.85. The van der Waals surface area contributed by atoms with Crippen molar-refractivity contribution in [1.82, 2.24) is 4.98 Å². The number of carbonyl (C=O) groups is 1. The maximum atomic E-state index is 11.4. The predicted octanol–water partition coefficient (Wildman–Crippen LogP) is 2.54. The molecule has 0 radical (unpaired) electrons. The SMILES string of the molecule is NC(=O)C(Nc1cncc(Br)c1)c1ccsc1. The largest absolute Gasteiger partial charge is 0.369 e. The molecule has 0 aliphatic heterocycles. The number of hydrogen-bond acceptors (Lipinski definition) is 4. The van der Waals surface area contributed by atoms with Crippen LogP contribution in [0.1, 0.15) is 11.6 Å². The summed E-state index contributed by atoms with van der Waals surface area (Å²) in [5.74, 6) is -0.414. The Hall–Kier alpha value is -1.40. The van der Waals surface area contributed by atoms with E-state index in [1.54, 1.807) is 12.4 Å². The number of thiophene rings is 1. The summed E-state index contributed by atoms with van der Waals surface area (Å²) < 4.78 is 0.844. The maximum Gasteiger partial charge on any atom is 0.244 e. The van der Waals surface area contributed by atoms with Crippen LogP contribution < -0.4 is 11.1 Å². The van der Waals surface area contributed by atoms with Gasteiger partial charge in [-0.3, -0.25) is 9.78 Å². The molecule has 0 saturated carbocycles. The van der Waals surface area contributed by atoms with Crippen molar-refractivity contribution < 1.29 is 4.79 Å². The molecule has 4 nitrogen and oxygen atoms in total. The number of primary amides is 1. The molecule has 0 fully saturated rings. The van der Waals surface area contributed by atoms with Crippen LogP contribution in [0, 0.1) is 0 Å². The molecule has 0 aliphatic rings. The van der Waals surface area contributed by atoms with E-state index >= 15 is 0 Å². The second-order valence-electron chi connectivity index (χ2n) is 3.43. The van der Waals surface area contributed by atoms with Crippen LogP contribution in [0.2, 0.25) is 0 Å². The smallest absolute Gasteiger partial charge is 0.244 e. The molecule has 1 atom stereocenters. The summed E-state index contributed by atoms with van der Waals surface area (Å²) in [6.45, 7) is 0. The highest BCUT2D eigenvalue weighted by Gasteiger charge is 2.17. The first kappa shape index (κ1) is 12.1. The first-order valence-electron chi connectivity index (χ1n) is 4.85. The molecule has 2 heterocycles. The van der Waals surface area contributed by atoms with Crippen LogP contribution >= 0.6 is 27.3 Å². The van der Waals surface area contributed by atoms with Crippen LogP contribution in [0.4, 0.5) is 5.69 Å². The molecular weight excluding hydrogens is 302 g/mol. The van der Waals surface area contributed by atoms with Gasteiger partial charge in [-0.25, -0.2) is 0 Å². The minimum Gasteiger partial charge on any atom is -0.369 e. The molecule has 2 aromatic rings. The number of nitrogens with one attached hydrogen (secondary N) is 1. The zero-order valence-electron chi connectivity index (χ0n) is 8.76. The highest BCUT2D eigenvalue weighted by Crippen LogP contribution is 2.22. The van der Waals surface area contributed by atoms with Crippen molar-refractivity contribution in [3.63, 3.8) is 0 Å². The lowest BCUT2D eigenvalue weighted by molar-refractivity contribution is -0.118. The Morgan fingerprint density at radius 1 is 1.53 bits per heavy atom. The van der Waals surface area contributed by atoms with Crippen molar-refractivity contribution in [2.75, 3.05) is 5.32 Å². The fraction of sp³-hybridized carbons (Fsp3) is 0.0909. The molecule has 0 bridgehead atoms. The molecule has 0 saturated heterocycles.